The van der Waals surface area contributed by atoms with Crippen molar-refractivity contribution in [3.8, 4) is 16.8 Å². The summed E-state index contributed by atoms with van der Waals surface area (Å²) in [6.07, 6.45) is 0. The predicted molar refractivity (Wildman–Crippen MR) is 163 cm³/mol. The zero-order valence-corrected chi connectivity index (χ0v) is 21.1. The number of nitrogens with one attached hydrogen (secondary N) is 1. The van der Waals surface area contributed by atoms with Crippen LogP contribution in [0.5, 0.6) is 0 Å². The maximum atomic E-state index is 6.19. The van der Waals surface area contributed by atoms with Crippen molar-refractivity contribution in [3.05, 3.63) is 140 Å². The van der Waals surface area contributed by atoms with Gasteiger partial charge in [-0.25, -0.2) is 0 Å². The largest absolute Gasteiger partial charge is 0.454 e. The van der Waals surface area contributed by atoms with Crippen molar-refractivity contribution in [2.45, 2.75) is 0 Å². The van der Waals surface area contributed by atoms with Gasteiger partial charge in [-0.15, -0.1) is 0 Å². The molecular weight excluding hydrogens is 476 g/mol. The molecule has 0 bridgehead atoms. The van der Waals surface area contributed by atoms with Crippen molar-refractivity contribution in [3.63, 3.8) is 0 Å². The number of anilines is 2. The van der Waals surface area contributed by atoms with E-state index in [1.165, 1.54) is 38.6 Å². The fourth-order valence-electron chi connectivity index (χ4n) is 5.75. The summed E-state index contributed by atoms with van der Waals surface area (Å²) in [6.45, 7) is 0. The Hall–Kier alpha value is -5.28. The topological polar surface area (TPSA) is 30.1 Å². The summed E-state index contributed by atoms with van der Waals surface area (Å²) in [5.74, 6) is 0. The Morgan fingerprint density at radius 1 is 0.487 bits per heavy atom. The minimum absolute atomic E-state index is 0.878. The lowest BCUT2D eigenvalue weighted by Crippen LogP contribution is -1.93. The Labute approximate surface area is 225 Å². The van der Waals surface area contributed by atoms with Crippen molar-refractivity contribution >= 4 is 55.1 Å². The van der Waals surface area contributed by atoms with Gasteiger partial charge >= 0.3 is 0 Å². The van der Waals surface area contributed by atoms with Gasteiger partial charge in [0.25, 0.3) is 0 Å². The summed E-state index contributed by atoms with van der Waals surface area (Å²) in [6, 6.07) is 49.0. The normalized spacial score (nSPS) is 11.6. The molecule has 0 fully saturated rings. The maximum Gasteiger partial charge on any atom is 0.158 e. The molecule has 0 saturated carbocycles. The average molecular weight is 501 g/mol. The van der Waals surface area contributed by atoms with Crippen molar-refractivity contribution in [2.75, 3.05) is 5.32 Å². The number of hydrogen-bond donors (Lipinski definition) is 1. The molecule has 8 aromatic rings. The molecule has 0 radical (unpaired) electrons. The fraction of sp³-hybridized carbons (Fsp3) is 0. The molecule has 2 aromatic heterocycles. The number of nitrogens with zero attached hydrogens (tertiary/aromatic N) is 1. The van der Waals surface area contributed by atoms with E-state index in [0.717, 1.165) is 33.3 Å². The van der Waals surface area contributed by atoms with Crippen LogP contribution in [0.25, 0.3) is 60.6 Å². The Balaban J connectivity index is 1.17. The first kappa shape index (κ1) is 21.8. The molecule has 0 spiro atoms. The molecule has 1 N–H and O–H groups in total. The Morgan fingerprint density at radius 2 is 1.18 bits per heavy atom. The molecule has 3 nitrogen and oxygen atoms in total. The van der Waals surface area contributed by atoms with Gasteiger partial charge in [-0.1, -0.05) is 84.9 Å². The van der Waals surface area contributed by atoms with Crippen LogP contribution >= 0.6 is 0 Å². The summed E-state index contributed by atoms with van der Waals surface area (Å²) in [5, 5.41) is 8.34. The van der Waals surface area contributed by atoms with Gasteiger partial charge in [-0.2, -0.15) is 0 Å². The lowest BCUT2D eigenvalue weighted by atomic mass is 10.0. The van der Waals surface area contributed by atoms with E-state index in [-0.39, 0.29) is 0 Å². The van der Waals surface area contributed by atoms with Crippen molar-refractivity contribution in [2.24, 2.45) is 0 Å². The number of benzene rings is 6. The van der Waals surface area contributed by atoms with Crippen LogP contribution in [-0.2, 0) is 0 Å². The minimum Gasteiger partial charge on any atom is -0.454 e. The van der Waals surface area contributed by atoms with Crippen LogP contribution in [-0.4, -0.2) is 4.57 Å². The predicted octanol–water partition coefficient (Wildman–Crippen LogP) is 10.1. The minimum atomic E-state index is 0.878. The first-order valence-corrected chi connectivity index (χ1v) is 13.2. The van der Waals surface area contributed by atoms with E-state index < -0.39 is 0 Å². The zero-order chi connectivity index (χ0) is 25.8. The van der Waals surface area contributed by atoms with Crippen LogP contribution in [0.15, 0.2) is 144 Å². The molecule has 0 amide bonds. The van der Waals surface area contributed by atoms with Crippen LogP contribution in [0.2, 0.25) is 0 Å². The molecule has 0 aliphatic carbocycles. The number of para-hydroxylation sites is 4. The first-order valence-electron chi connectivity index (χ1n) is 13.2. The van der Waals surface area contributed by atoms with E-state index in [2.05, 4.69) is 131 Å². The Bertz CT molecular complexity index is 2130. The smallest absolute Gasteiger partial charge is 0.158 e. The number of rotatable bonds is 4. The monoisotopic (exact) mass is 500 g/mol. The summed E-state index contributed by atoms with van der Waals surface area (Å²) in [5.41, 5.74) is 9.75. The second-order valence-electron chi connectivity index (χ2n) is 9.90. The molecule has 6 aromatic carbocycles. The van der Waals surface area contributed by atoms with Gasteiger partial charge in [0.1, 0.15) is 5.58 Å². The van der Waals surface area contributed by atoms with Gasteiger partial charge in [-0.05, 0) is 65.7 Å². The van der Waals surface area contributed by atoms with Crippen molar-refractivity contribution in [1.29, 1.82) is 0 Å². The highest BCUT2D eigenvalue weighted by Gasteiger charge is 2.13. The fourth-order valence-corrected chi connectivity index (χ4v) is 5.75. The van der Waals surface area contributed by atoms with Crippen LogP contribution in [0, 0.1) is 0 Å². The van der Waals surface area contributed by atoms with Gasteiger partial charge in [0, 0.05) is 32.9 Å². The summed E-state index contributed by atoms with van der Waals surface area (Å²) in [4.78, 5) is 0. The van der Waals surface area contributed by atoms with E-state index in [1.807, 2.05) is 18.2 Å². The van der Waals surface area contributed by atoms with E-state index in [4.69, 9.17) is 4.42 Å². The lowest BCUT2D eigenvalue weighted by molar-refractivity contribution is 0.670. The van der Waals surface area contributed by atoms with Gasteiger partial charge in [0.2, 0.25) is 0 Å². The summed E-state index contributed by atoms with van der Waals surface area (Å²) >= 11 is 0. The van der Waals surface area contributed by atoms with E-state index >= 15 is 0 Å². The highest BCUT2D eigenvalue weighted by atomic mass is 16.3. The molecule has 0 saturated heterocycles. The molecule has 0 aliphatic rings. The zero-order valence-electron chi connectivity index (χ0n) is 21.1. The van der Waals surface area contributed by atoms with Crippen molar-refractivity contribution < 1.29 is 4.42 Å². The second kappa shape index (κ2) is 8.64. The second-order valence-corrected chi connectivity index (χ2v) is 9.90. The Morgan fingerprint density at radius 3 is 2.05 bits per heavy atom. The molecule has 184 valence electrons. The Kier molecular flexibility index (Phi) is 4.82. The van der Waals surface area contributed by atoms with Crippen LogP contribution in [0.4, 0.5) is 11.4 Å². The molecule has 8 rings (SSSR count). The quantitative estimate of drug-likeness (QED) is 0.260. The van der Waals surface area contributed by atoms with Gasteiger partial charge < -0.3 is 14.3 Å². The molecule has 0 atom stereocenters. The van der Waals surface area contributed by atoms with E-state index in [9.17, 15) is 0 Å². The highest BCUT2D eigenvalue weighted by molar-refractivity contribution is 6.11. The maximum absolute atomic E-state index is 6.19. The third kappa shape index (κ3) is 3.52. The third-order valence-corrected chi connectivity index (χ3v) is 7.59. The lowest BCUT2D eigenvalue weighted by Gasteiger charge is -2.09. The number of aromatic nitrogens is 1. The summed E-state index contributed by atoms with van der Waals surface area (Å²) in [7, 11) is 0. The van der Waals surface area contributed by atoms with Gasteiger partial charge in [-0.3, -0.25) is 0 Å². The van der Waals surface area contributed by atoms with Gasteiger partial charge in [0.05, 0.1) is 16.7 Å². The molecule has 3 heteroatoms. The molecule has 0 aliphatic heterocycles. The summed E-state index contributed by atoms with van der Waals surface area (Å²) < 4.78 is 8.54. The number of fused-ring (bicyclic) bond motifs is 6. The SMILES string of the molecule is c1ccc(-n2c3ccccc3c3cc(-c4ccc(Nc5cccc6c5oc5ccccc56)cc4)ccc32)cc1. The number of furan rings is 1. The number of hydrogen-bond acceptors (Lipinski definition) is 2. The molecule has 39 heavy (non-hydrogen) atoms. The molecular formula is C36H24N2O. The first-order chi connectivity index (χ1) is 19.3. The van der Waals surface area contributed by atoms with Crippen LogP contribution in [0.3, 0.4) is 0 Å². The highest BCUT2D eigenvalue weighted by Crippen LogP contribution is 2.37. The van der Waals surface area contributed by atoms with E-state index in [0.29, 0.717) is 0 Å². The van der Waals surface area contributed by atoms with E-state index in [1.54, 1.807) is 0 Å². The van der Waals surface area contributed by atoms with Crippen LogP contribution < -0.4 is 5.32 Å². The average Bonchev–Trinajstić information content (AvgIpc) is 3.54. The van der Waals surface area contributed by atoms with Gasteiger partial charge in [0.15, 0.2) is 5.58 Å². The standard InChI is InChI=1S/C36H24N2O/c1-2-9-27(10-3-1)38-33-15-6-4-11-28(33)31-23-25(19-22-34(31)38)24-17-20-26(21-18-24)37-32-14-8-13-30-29-12-5-7-16-35(29)39-36(30)32/h1-23,37H. The molecule has 2 heterocycles. The molecule has 0 unspecified atom stereocenters. The van der Waals surface area contributed by atoms with Crippen LogP contribution in [0.1, 0.15) is 0 Å². The third-order valence-electron chi connectivity index (χ3n) is 7.59. The van der Waals surface area contributed by atoms with Crippen molar-refractivity contribution in [1.82, 2.24) is 4.57 Å².